The van der Waals surface area contributed by atoms with Gasteiger partial charge < -0.3 is 5.32 Å². The van der Waals surface area contributed by atoms with Crippen molar-refractivity contribution < 1.29 is 13.2 Å². The van der Waals surface area contributed by atoms with E-state index in [2.05, 4.69) is 5.32 Å². The molecule has 0 spiro atoms. The van der Waals surface area contributed by atoms with Gasteiger partial charge in [-0.25, -0.2) is 0 Å². The predicted octanol–water partition coefficient (Wildman–Crippen LogP) is 4.20. The second-order valence-electron chi connectivity index (χ2n) is 4.89. The Bertz CT molecular complexity index is 382. The van der Waals surface area contributed by atoms with Gasteiger partial charge in [0, 0.05) is 17.5 Å². The highest BCUT2D eigenvalue weighted by Crippen LogP contribution is 2.29. The van der Waals surface area contributed by atoms with E-state index in [1.54, 1.807) is 0 Å². The average molecular weight is 280 g/mol. The number of nitrogens with one attached hydrogen (secondary N) is 1. The molecule has 0 aromatic heterocycles. The van der Waals surface area contributed by atoms with E-state index in [0.717, 1.165) is 17.7 Å². The molecule has 1 unspecified atom stereocenters. The van der Waals surface area contributed by atoms with Crippen LogP contribution in [-0.2, 0) is 12.7 Å². The Morgan fingerprint density at radius 3 is 2.06 bits per heavy atom. The second kappa shape index (κ2) is 5.49. The van der Waals surface area contributed by atoms with E-state index in [-0.39, 0.29) is 10.9 Å². The fraction of sp³-hybridized carbons (Fsp3) is 0.538. The molecule has 0 aliphatic rings. The monoisotopic (exact) mass is 279 g/mol. The molecule has 1 rings (SSSR count). The molecular formula is C13H17ClF3N. The van der Waals surface area contributed by atoms with Gasteiger partial charge >= 0.3 is 6.18 Å². The summed E-state index contributed by atoms with van der Waals surface area (Å²) in [5.41, 5.74) is -0.103. The maximum Gasteiger partial charge on any atom is 0.416 e. The van der Waals surface area contributed by atoms with Gasteiger partial charge in [-0.2, -0.15) is 13.2 Å². The van der Waals surface area contributed by atoms with Crippen LogP contribution in [0.1, 0.15) is 31.9 Å². The molecule has 102 valence electrons. The fourth-order valence-electron chi connectivity index (χ4n) is 1.28. The van der Waals surface area contributed by atoms with Gasteiger partial charge in [-0.15, -0.1) is 11.6 Å². The minimum atomic E-state index is -4.28. The number of rotatable bonds is 4. The summed E-state index contributed by atoms with van der Waals surface area (Å²) < 4.78 is 37.1. The zero-order valence-corrected chi connectivity index (χ0v) is 11.4. The standard InChI is InChI=1S/C13H17ClF3N/c1-9(14)12(2,3)18-8-10-4-6-11(7-5-10)13(15,16)17/h4-7,9,18H,8H2,1-3H3. The second-order valence-corrected chi connectivity index (χ2v) is 5.54. The van der Waals surface area contributed by atoms with Gasteiger partial charge in [0.15, 0.2) is 0 Å². The molecular weight excluding hydrogens is 263 g/mol. The van der Waals surface area contributed by atoms with E-state index in [9.17, 15) is 13.2 Å². The van der Waals surface area contributed by atoms with Crippen molar-refractivity contribution in [3.05, 3.63) is 35.4 Å². The van der Waals surface area contributed by atoms with Gasteiger partial charge in [0.2, 0.25) is 0 Å². The van der Waals surface area contributed by atoms with Crippen LogP contribution >= 0.6 is 11.6 Å². The molecule has 0 saturated carbocycles. The molecule has 1 nitrogen and oxygen atoms in total. The van der Waals surface area contributed by atoms with Gasteiger partial charge in [0.25, 0.3) is 0 Å². The van der Waals surface area contributed by atoms with Gasteiger partial charge in [-0.1, -0.05) is 12.1 Å². The lowest BCUT2D eigenvalue weighted by Gasteiger charge is -2.29. The highest BCUT2D eigenvalue weighted by Gasteiger charge is 2.30. The Balaban J connectivity index is 2.65. The highest BCUT2D eigenvalue weighted by molar-refractivity contribution is 6.21. The SMILES string of the molecule is CC(Cl)C(C)(C)NCc1ccc(C(F)(F)F)cc1. The van der Waals surface area contributed by atoms with Crippen LogP contribution in [0.25, 0.3) is 0 Å². The molecule has 1 atom stereocenters. The van der Waals surface area contributed by atoms with E-state index in [0.29, 0.717) is 6.54 Å². The van der Waals surface area contributed by atoms with Crippen molar-refractivity contribution in [1.29, 1.82) is 0 Å². The number of hydrogen-bond donors (Lipinski definition) is 1. The summed E-state index contributed by atoms with van der Waals surface area (Å²) in [4.78, 5) is 0. The molecule has 0 aliphatic carbocycles. The predicted molar refractivity (Wildman–Crippen MR) is 67.7 cm³/mol. The summed E-state index contributed by atoms with van der Waals surface area (Å²) in [5.74, 6) is 0. The van der Waals surface area contributed by atoms with Crippen LogP contribution in [-0.4, -0.2) is 10.9 Å². The molecule has 0 aliphatic heterocycles. The van der Waals surface area contributed by atoms with E-state index in [1.807, 2.05) is 20.8 Å². The van der Waals surface area contributed by atoms with Crippen molar-refractivity contribution in [2.24, 2.45) is 0 Å². The Hall–Kier alpha value is -0.740. The van der Waals surface area contributed by atoms with Gasteiger partial charge in [-0.05, 0) is 38.5 Å². The topological polar surface area (TPSA) is 12.0 Å². The smallest absolute Gasteiger partial charge is 0.306 e. The van der Waals surface area contributed by atoms with Crippen LogP contribution in [0, 0.1) is 0 Å². The minimum absolute atomic E-state index is 0.0769. The number of alkyl halides is 4. The number of hydrogen-bond acceptors (Lipinski definition) is 1. The first-order chi connectivity index (χ1) is 8.13. The third-order valence-electron chi connectivity index (χ3n) is 3.02. The number of benzene rings is 1. The zero-order chi connectivity index (χ0) is 14.0. The van der Waals surface area contributed by atoms with E-state index in [4.69, 9.17) is 11.6 Å². The Kier molecular flexibility index (Phi) is 4.67. The molecule has 1 aromatic carbocycles. The molecule has 1 aromatic rings. The summed E-state index contributed by atoms with van der Waals surface area (Å²) in [7, 11) is 0. The zero-order valence-electron chi connectivity index (χ0n) is 10.6. The van der Waals surface area contributed by atoms with Crippen molar-refractivity contribution in [1.82, 2.24) is 5.32 Å². The van der Waals surface area contributed by atoms with Gasteiger partial charge in [0.05, 0.1) is 5.56 Å². The van der Waals surface area contributed by atoms with Crippen molar-refractivity contribution in [2.75, 3.05) is 0 Å². The quantitative estimate of drug-likeness (QED) is 0.815. The molecule has 0 radical (unpaired) electrons. The summed E-state index contributed by atoms with van der Waals surface area (Å²) in [6, 6.07) is 5.14. The van der Waals surface area contributed by atoms with Crippen molar-refractivity contribution in [2.45, 2.75) is 44.4 Å². The normalized spacial score (nSPS) is 14.6. The maximum absolute atomic E-state index is 12.4. The molecule has 0 amide bonds. The van der Waals surface area contributed by atoms with Crippen molar-refractivity contribution in [3.8, 4) is 0 Å². The third-order valence-corrected chi connectivity index (χ3v) is 3.57. The molecule has 0 fully saturated rings. The van der Waals surface area contributed by atoms with E-state index < -0.39 is 11.7 Å². The molecule has 0 bridgehead atoms. The lowest BCUT2D eigenvalue weighted by atomic mass is 10.0. The molecule has 0 saturated heterocycles. The van der Waals surface area contributed by atoms with Crippen LogP contribution in [0.3, 0.4) is 0 Å². The minimum Gasteiger partial charge on any atom is -0.306 e. The van der Waals surface area contributed by atoms with Gasteiger partial charge in [0.1, 0.15) is 0 Å². The van der Waals surface area contributed by atoms with Crippen LogP contribution in [0.15, 0.2) is 24.3 Å². The van der Waals surface area contributed by atoms with Crippen LogP contribution in [0.2, 0.25) is 0 Å². The maximum atomic E-state index is 12.4. The summed E-state index contributed by atoms with van der Waals surface area (Å²) >= 11 is 6.01. The third kappa shape index (κ3) is 4.18. The van der Waals surface area contributed by atoms with Crippen LogP contribution in [0.4, 0.5) is 13.2 Å². The Morgan fingerprint density at radius 1 is 1.17 bits per heavy atom. The Morgan fingerprint density at radius 2 is 1.67 bits per heavy atom. The van der Waals surface area contributed by atoms with E-state index >= 15 is 0 Å². The summed E-state index contributed by atoms with van der Waals surface area (Å²) in [6.45, 7) is 6.27. The summed E-state index contributed by atoms with van der Waals surface area (Å²) in [6.07, 6.45) is -4.28. The largest absolute Gasteiger partial charge is 0.416 e. The molecule has 0 heterocycles. The first-order valence-corrected chi connectivity index (χ1v) is 6.12. The van der Waals surface area contributed by atoms with Crippen LogP contribution in [0.5, 0.6) is 0 Å². The van der Waals surface area contributed by atoms with E-state index in [1.165, 1.54) is 12.1 Å². The van der Waals surface area contributed by atoms with Crippen molar-refractivity contribution in [3.63, 3.8) is 0 Å². The van der Waals surface area contributed by atoms with Crippen LogP contribution < -0.4 is 5.32 Å². The molecule has 18 heavy (non-hydrogen) atoms. The molecule has 1 N–H and O–H groups in total. The lowest BCUT2D eigenvalue weighted by Crippen LogP contribution is -2.45. The van der Waals surface area contributed by atoms with Gasteiger partial charge in [-0.3, -0.25) is 0 Å². The number of halogens is 4. The lowest BCUT2D eigenvalue weighted by molar-refractivity contribution is -0.137. The fourth-order valence-corrected chi connectivity index (χ4v) is 1.36. The Labute approximate surface area is 110 Å². The molecule has 5 heteroatoms. The first-order valence-electron chi connectivity index (χ1n) is 5.68. The first kappa shape index (κ1) is 15.3. The highest BCUT2D eigenvalue weighted by atomic mass is 35.5. The summed E-state index contributed by atoms with van der Waals surface area (Å²) in [5, 5.41) is 3.14. The average Bonchev–Trinajstić information content (AvgIpc) is 2.25. The van der Waals surface area contributed by atoms with Crippen molar-refractivity contribution >= 4 is 11.6 Å².